The highest BCUT2D eigenvalue weighted by Gasteiger charge is 2.12. The number of carboxylic acid groups (broad SMARTS) is 1. The number of nitrogens with one attached hydrogen (secondary N) is 1. The van der Waals surface area contributed by atoms with Crippen LogP contribution in [-0.2, 0) is 11.8 Å². The van der Waals surface area contributed by atoms with E-state index in [-0.39, 0.29) is 5.91 Å². The standard InChI is InChI=1S/C15H17N3O4/c1-9-6-11(22-8-14(19)20)4-5-12(9)16-15(21)13-7-10(2)18(3)17-13/h4-7H,8H2,1-3H3,(H,16,21)(H,19,20). The number of carboxylic acids is 1. The Hall–Kier alpha value is -2.83. The van der Waals surface area contributed by atoms with Crippen LogP contribution in [0.4, 0.5) is 5.69 Å². The third-order valence-electron chi connectivity index (χ3n) is 3.15. The van der Waals surface area contributed by atoms with Crippen LogP contribution in [0.1, 0.15) is 21.7 Å². The molecule has 0 aliphatic carbocycles. The Balaban J connectivity index is 2.09. The maximum absolute atomic E-state index is 12.1. The molecule has 0 fully saturated rings. The highest BCUT2D eigenvalue weighted by Crippen LogP contribution is 2.22. The van der Waals surface area contributed by atoms with Gasteiger partial charge in [-0.15, -0.1) is 0 Å². The lowest BCUT2D eigenvalue weighted by Crippen LogP contribution is -2.14. The second-order valence-electron chi connectivity index (χ2n) is 4.91. The van der Waals surface area contributed by atoms with Gasteiger partial charge >= 0.3 is 5.97 Å². The maximum Gasteiger partial charge on any atom is 0.341 e. The molecule has 0 spiro atoms. The van der Waals surface area contributed by atoms with Gasteiger partial charge in [0.05, 0.1) is 0 Å². The van der Waals surface area contributed by atoms with Gasteiger partial charge in [0.25, 0.3) is 5.91 Å². The van der Waals surface area contributed by atoms with Gasteiger partial charge in [-0.2, -0.15) is 5.10 Å². The molecule has 7 heteroatoms. The summed E-state index contributed by atoms with van der Waals surface area (Å²) in [4.78, 5) is 22.6. The van der Waals surface area contributed by atoms with E-state index in [1.807, 2.05) is 6.92 Å². The number of aliphatic carboxylic acids is 1. The average Bonchev–Trinajstić information content (AvgIpc) is 2.79. The summed E-state index contributed by atoms with van der Waals surface area (Å²) in [5.74, 6) is -0.905. The Morgan fingerprint density at radius 1 is 1.32 bits per heavy atom. The van der Waals surface area contributed by atoms with Crippen molar-refractivity contribution < 1.29 is 19.4 Å². The predicted molar refractivity (Wildman–Crippen MR) is 80.2 cm³/mol. The van der Waals surface area contributed by atoms with Gasteiger partial charge in [-0.25, -0.2) is 4.79 Å². The van der Waals surface area contributed by atoms with E-state index in [1.165, 1.54) is 0 Å². The molecule has 0 saturated carbocycles. The van der Waals surface area contributed by atoms with E-state index in [4.69, 9.17) is 9.84 Å². The smallest absolute Gasteiger partial charge is 0.341 e. The number of anilines is 1. The number of ether oxygens (including phenoxy) is 1. The Kier molecular flexibility index (Phi) is 4.45. The summed E-state index contributed by atoms with van der Waals surface area (Å²) in [5.41, 5.74) is 2.62. The molecule has 0 aliphatic rings. The fourth-order valence-electron chi connectivity index (χ4n) is 1.87. The molecular formula is C15H17N3O4. The third kappa shape index (κ3) is 3.63. The molecule has 116 valence electrons. The lowest BCUT2D eigenvalue weighted by molar-refractivity contribution is -0.139. The summed E-state index contributed by atoms with van der Waals surface area (Å²) >= 11 is 0. The Morgan fingerprint density at radius 2 is 2.05 bits per heavy atom. The summed E-state index contributed by atoms with van der Waals surface area (Å²) in [6, 6.07) is 6.65. The Labute approximate surface area is 127 Å². The molecule has 0 bridgehead atoms. The maximum atomic E-state index is 12.1. The number of hydrogen-bond donors (Lipinski definition) is 2. The van der Waals surface area contributed by atoms with Gasteiger partial charge in [0.2, 0.25) is 0 Å². The summed E-state index contributed by atoms with van der Waals surface area (Å²) in [6.45, 7) is 3.26. The lowest BCUT2D eigenvalue weighted by Gasteiger charge is -2.09. The molecule has 2 N–H and O–H groups in total. The van der Waals surface area contributed by atoms with Crippen LogP contribution in [0.2, 0.25) is 0 Å². The van der Waals surface area contributed by atoms with Crippen LogP contribution in [-0.4, -0.2) is 33.4 Å². The van der Waals surface area contributed by atoms with Crippen molar-refractivity contribution in [3.05, 3.63) is 41.2 Å². The van der Waals surface area contributed by atoms with E-state index >= 15 is 0 Å². The van der Waals surface area contributed by atoms with Gasteiger partial charge in [-0.05, 0) is 43.7 Å². The minimum absolute atomic E-state index is 0.300. The van der Waals surface area contributed by atoms with Crippen molar-refractivity contribution in [2.45, 2.75) is 13.8 Å². The van der Waals surface area contributed by atoms with Crippen LogP contribution in [0.25, 0.3) is 0 Å². The summed E-state index contributed by atoms with van der Waals surface area (Å²) in [7, 11) is 1.77. The zero-order chi connectivity index (χ0) is 16.3. The molecule has 0 atom stereocenters. The molecule has 0 aliphatic heterocycles. The molecule has 0 saturated heterocycles. The monoisotopic (exact) mass is 303 g/mol. The zero-order valence-corrected chi connectivity index (χ0v) is 12.6. The molecule has 2 aromatic rings. The van der Waals surface area contributed by atoms with Gasteiger partial charge in [-0.1, -0.05) is 0 Å². The summed E-state index contributed by atoms with van der Waals surface area (Å²) < 4.78 is 6.71. The molecule has 22 heavy (non-hydrogen) atoms. The molecule has 1 aromatic carbocycles. The number of aromatic nitrogens is 2. The predicted octanol–water partition coefficient (Wildman–Crippen LogP) is 1.75. The van der Waals surface area contributed by atoms with Crippen LogP contribution in [0.15, 0.2) is 24.3 Å². The van der Waals surface area contributed by atoms with Crippen LogP contribution >= 0.6 is 0 Å². The minimum atomic E-state index is -1.04. The molecule has 0 radical (unpaired) electrons. The van der Waals surface area contributed by atoms with E-state index in [0.717, 1.165) is 11.3 Å². The molecule has 0 unspecified atom stereocenters. The lowest BCUT2D eigenvalue weighted by atomic mass is 10.2. The summed E-state index contributed by atoms with van der Waals surface area (Å²) in [5, 5.41) is 15.5. The zero-order valence-electron chi connectivity index (χ0n) is 12.6. The quantitative estimate of drug-likeness (QED) is 0.877. The van der Waals surface area contributed by atoms with Crippen molar-refractivity contribution in [3.8, 4) is 5.75 Å². The number of aryl methyl sites for hydroxylation is 3. The van der Waals surface area contributed by atoms with Crippen molar-refractivity contribution in [2.75, 3.05) is 11.9 Å². The van der Waals surface area contributed by atoms with Crippen molar-refractivity contribution in [2.24, 2.45) is 7.05 Å². The largest absolute Gasteiger partial charge is 0.482 e. The normalized spacial score (nSPS) is 10.3. The second kappa shape index (κ2) is 6.30. The molecule has 1 aromatic heterocycles. The first-order valence-electron chi connectivity index (χ1n) is 6.64. The van der Waals surface area contributed by atoms with Crippen LogP contribution in [0.5, 0.6) is 5.75 Å². The highest BCUT2D eigenvalue weighted by molar-refractivity contribution is 6.03. The number of nitrogens with zero attached hydrogens (tertiary/aromatic N) is 2. The fraction of sp³-hybridized carbons (Fsp3) is 0.267. The minimum Gasteiger partial charge on any atom is -0.482 e. The van der Waals surface area contributed by atoms with Gasteiger partial charge in [-0.3, -0.25) is 9.48 Å². The molecule has 2 rings (SSSR count). The Bertz CT molecular complexity index is 702. The molecule has 1 heterocycles. The average molecular weight is 303 g/mol. The van der Waals surface area contributed by atoms with Crippen LogP contribution in [0, 0.1) is 13.8 Å². The number of hydrogen-bond acceptors (Lipinski definition) is 4. The fourth-order valence-corrected chi connectivity index (χ4v) is 1.87. The van der Waals surface area contributed by atoms with Crippen LogP contribution in [0.3, 0.4) is 0 Å². The second-order valence-corrected chi connectivity index (χ2v) is 4.91. The number of carbonyl (C=O) groups is 2. The van der Waals surface area contributed by atoms with Crippen molar-refractivity contribution in [1.29, 1.82) is 0 Å². The first-order valence-corrected chi connectivity index (χ1v) is 6.64. The van der Waals surface area contributed by atoms with Gasteiger partial charge < -0.3 is 15.2 Å². The Morgan fingerprint density at radius 3 is 2.59 bits per heavy atom. The van der Waals surface area contributed by atoms with Gasteiger partial charge in [0, 0.05) is 18.4 Å². The number of carbonyl (C=O) groups excluding carboxylic acids is 1. The summed E-state index contributed by atoms with van der Waals surface area (Å²) in [6.07, 6.45) is 0. The number of benzene rings is 1. The van der Waals surface area contributed by atoms with E-state index in [1.54, 1.807) is 42.9 Å². The third-order valence-corrected chi connectivity index (χ3v) is 3.15. The highest BCUT2D eigenvalue weighted by atomic mass is 16.5. The molecular weight excluding hydrogens is 286 g/mol. The molecule has 7 nitrogen and oxygen atoms in total. The van der Waals surface area contributed by atoms with Gasteiger partial charge in [0.1, 0.15) is 5.75 Å². The van der Waals surface area contributed by atoms with Gasteiger partial charge in [0.15, 0.2) is 12.3 Å². The van der Waals surface area contributed by atoms with Crippen molar-refractivity contribution in [3.63, 3.8) is 0 Å². The van der Waals surface area contributed by atoms with E-state index in [2.05, 4.69) is 10.4 Å². The van der Waals surface area contributed by atoms with E-state index in [0.29, 0.717) is 17.1 Å². The topological polar surface area (TPSA) is 93.5 Å². The first-order chi connectivity index (χ1) is 10.4. The SMILES string of the molecule is Cc1cc(OCC(=O)O)ccc1NC(=O)c1cc(C)n(C)n1. The first kappa shape index (κ1) is 15.6. The van der Waals surface area contributed by atoms with Crippen molar-refractivity contribution >= 4 is 17.6 Å². The van der Waals surface area contributed by atoms with E-state index in [9.17, 15) is 9.59 Å². The molecule has 1 amide bonds. The van der Waals surface area contributed by atoms with E-state index < -0.39 is 12.6 Å². The van der Waals surface area contributed by atoms with Crippen molar-refractivity contribution in [1.82, 2.24) is 9.78 Å². The number of amides is 1. The number of rotatable bonds is 5. The van der Waals surface area contributed by atoms with Crippen LogP contribution < -0.4 is 10.1 Å².